The van der Waals surface area contributed by atoms with E-state index in [-0.39, 0.29) is 11.3 Å². The highest BCUT2D eigenvalue weighted by Gasteiger charge is 2.18. The van der Waals surface area contributed by atoms with Gasteiger partial charge in [-0.25, -0.2) is 4.79 Å². The molecule has 2 aromatic carbocycles. The molecule has 0 bridgehead atoms. The number of aromatic hydroxyl groups is 1. The zero-order chi connectivity index (χ0) is 20.1. The Kier molecular flexibility index (Phi) is 6.55. The molecule has 27 heavy (non-hydrogen) atoms. The standard InChI is InChI=1S/C21H27NO5/c1-12(2)13(3)14-8-19(26-4)17(20(9-14)27-5)11-22-15-6-7-16(21(24)25)18(23)10-15/h6-10,12-13,22-23H,11H2,1-5H3,(H,24,25). The van der Waals surface area contributed by atoms with Crippen molar-refractivity contribution < 1.29 is 24.5 Å². The first kappa shape index (κ1) is 20.4. The van der Waals surface area contributed by atoms with Gasteiger partial charge >= 0.3 is 5.97 Å². The third-order valence-corrected chi connectivity index (χ3v) is 4.85. The van der Waals surface area contributed by atoms with Gasteiger partial charge in [0.05, 0.1) is 19.8 Å². The lowest BCUT2D eigenvalue weighted by Gasteiger charge is -2.21. The molecule has 0 aromatic heterocycles. The topological polar surface area (TPSA) is 88.0 Å². The lowest BCUT2D eigenvalue weighted by molar-refractivity contribution is 0.0694. The molecule has 2 aromatic rings. The maximum atomic E-state index is 11.0. The van der Waals surface area contributed by atoms with Crippen molar-refractivity contribution >= 4 is 11.7 Å². The minimum absolute atomic E-state index is 0.136. The van der Waals surface area contributed by atoms with Gasteiger partial charge in [0.25, 0.3) is 0 Å². The fourth-order valence-corrected chi connectivity index (χ4v) is 2.84. The molecule has 0 heterocycles. The van der Waals surface area contributed by atoms with E-state index in [9.17, 15) is 9.90 Å². The Hall–Kier alpha value is -2.89. The molecule has 0 amide bonds. The molecule has 1 atom stereocenters. The van der Waals surface area contributed by atoms with Crippen molar-refractivity contribution in [1.29, 1.82) is 0 Å². The molecule has 0 spiro atoms. The van der Waals surface area contributed by atoms with Crippen molar-refractivity contribution in [3.8, 4) is 17.2 Å². The smallest absolute Gasteiger partial charge is 0.339 e. The van der Waals surface area contributed by atoms with Crippen LogP contribution in [0.1, 0.15) is 48.2 Å². The highest BCUT2D eigenvalue weighted by atomic mass is 16.5. The zero-order valence-corrected chi connectivity index (χ0v) is 16.4. The van der Waals surface area contributed by atoms with Crippen molar-refractivity contribution in [2.24, 2.45) is 5.92 Å². The number of rotatable bonds is 8. The van der Waals surface area contributed by atoms with Gasteiger partial charge < -0.3 is 25.0 Å². The Morgan fingerprint density at radius 1 is 1.07 bits per heavy atom. The van der Waals surface area contributed by atoms with Crippen LogP contribution in [0.4, 0.5) is 5.69 Å². The molecule has 6 nitrogen and oxygen atoms in total. The van der Waals surface area contributed by atoms with Crippen molar-refractivity contribution in [2.75, 3.05) is 19.5 Å². The number of aromatic carboxylic acids is 1. The molecule has 0 aliphatic carbocycles. The molecule has 146 valence electrons. The number of ether oxygens (including phenoxy) is 2. The number of carboxylic acids is 1. The van der Waals surface area contributed by atoms with Crippen LogP contribution in [-0.2, 0) is 6.54 Å². The van der Waals surface area contributed by atoms with Gasteiger partial charge in [0.1, 0.15) is 22.8 Å². The highest BCUT2D eigenvalue weighted by Crippen LogP contribution is 2.36. The average molecular weight is 373 g/mol. The monoisotopic (exact) mass is 373 g/mol. The van der Waals surface area contributed by atoms with Crippen LogP contribution >= 0.6 is 0 Å². The molecule has 6 heteroatoms. The number of hydrogen-bond acceptors (Lipinski definition) is 5. The second-order valence-corrected chi connectivity index (χ2v) is 6.83. The van der Waals surface area contributed by atoms with Crippen LogP contribution in [0, 0.1) is 5.92 Å². The summed E-state index contributed by atoms with van der Waals surface area (Å²) in [6, 6.07) is 8.40. The lowest BCUT2D eigenvalue weighted by atomic mass is 9.89. The highest BCUT2D eigenvalue weighted by molar-refractivity contribution is 5.91. The van der Waals surface area contributed by atoms with E-state index in [2.05, 4.69) is 26.1 Å². The number of phenols is 1. The molecule has 0 fully saturated rings. The Bertz CT molecular complexity index is 791. The van der Waals surface area contributed by atoms with E-state index in [1.807, 2.05) is 12.1 Å². The summed E-state index contributed by atoms with van der Waals surface area (Å²) < 4.78 is 11.1. The van der Waals surface area contributed by atoms with Crippen LogP contribution < -0.4 is 14.8 Å². The quantitative estimate of drug-likeness (QED) is 0.632. The Labute approximate surface area is 159 Å². The Morgan fingerprint density at radius 2 is 1.67 bits per heavy atom. The third-order valence-electron chi connectivity index (χ3n) is 4.85. The summed E-state index contributed by atoms with van der Waals surface area (Å²) in [5, 5.41) is 22.0. The summed E-state index contributed by atoms with van der Waals surface area (Å²) in [5.74, 6) is 0.825. The van der Waals surface area contributed by atoms with Gasteiger partial charge in [-0.3, -0.25) is 0 Å². The minimum Gasteiger partial charge on any atom is -0.507 e. The molecular weight excluding hydrogens is 346 g/mol. The molecule has 0 saturated heterocycles. The van der Waals surface area contributed by atoms with E-state index < -0.39 is 5.97 Å². The van der Waals surface area contributed by atoms with E-state index in [0.717, 1.165) is 22.6 Å². The second-order valence-electron chi connectivity index (χ2n) is 6.83. The normalized spacial score (nSPS) is 11.9. The van der Waals surface area contributed by atoms with E-state index in [0.29, 0.717) is 24.1 Å². The first-order chi connectivity index (χ1) is 12.8. The predicted molar refractivity (Wildman–Crippen MR) is 105 cm³/mol. The molecule has 0 aliphatic heterocycles. The summed E-state index contributed by atoms with van der Waals surface area (Å²) in [6.45, 7) is 6.91. The van der Waals surface area contributed by atoms with Gasteiger partial charge in [-0.2, -0.15) is 0 Å². The molecule has 2 rings (SSSR count). The number of anilines is 1. The van der Waals surface area contributed by atoms with E-state index in [1.165, 1.54) is 12.1 Å². The summed E-state index contributed by atoms with van der Waals surface area (Å²) in [7, 11) is 3.24. The van der Waals surface area contributed by atoms with Crippen LogP contribution in [0.3, 0.4) is 0 Å². The summed E-state index contributed by atoms with van der Waals surface area (Å²) in [5.41, 5.74) is 2.45. The fraction of sp³-hybridized carbons (Fsp3) is 0.381. The first-order valence-corrected chi connectivity index (χ1v) is 8.83. The molecule has 1 unspecified atom stereocenters. The zero-order valence-electron chi connectivity index (χ0n) is 16.4. The largest absolute Gasteiger partial charge is 0.507 e. The average Bonchev–Trinajstić information content (AvgIpc) is 2.64. The number of carbonyl (C=O) groups is 1. The Morgan fingerprint density at radius 3 is 2.11 bits per heavy atom. The van der Waals surface area contributed by atoms with Crippen molar-refractivity contribution in [1.82, 2.24) is 0 Å². The van der Waals surface area contributed by atoms with Crippen molar-refractivity contribution in [3.05, 3.63) is 47.0 Å². The number of carboxylic acid groups (broad SMARTS) is 1. The van der Waals surface area contributed by atoms with Gasteiger partial charge in [-0.15, -0.1) is 0 Å². The lowest BCUT2D eigenvalue weighted by Crippen LogP contribution is -2.08. The Balaban J connectivity index is 2.30. The summed E-state index contributed by atoms with van der Waals surface area (Å²) in [6.07, 6.45) is 0. The minimum atomic E-state index is -1.17. The SMILES string of the molecule is COc1cc(C(C)C(C)C)cc(OC)c1CNc1ccc(C(=O)O)c(O)c1. The van der Waals surface area contributed by atoms with Gasteiger partial charge in [0.15, 0.2) is 0 Å². The maximum absolute atomic E-state index is 11.0. The molecule has 0 saturated carbocycles. The van der Waals surface area contributed by atoms with Crippen LogP contribution in [0.15, 0.2) is 30.3 Å². The van der Waals surface area contributed by atoms with Crippen LogP contribution in [0.25, 0.3) is 0 Å². The molecular formula is C21H27NO5. The number of nitrogens with one attached hydrogen (secondary N) is 1. The van der Waals surface area contributed by atoms with E-state index >= 15 is 0 Å². The van der Waals surface area contributed by atoms with Gasteiger partial charge in [0, 0.05) is 18.3 Å². The second kappa shape index (κ2) is 8.66. The molecule has 0 radical (unpaired) electrons. The number of benzene rings is 2. The predicted octanol–water partition coefficient (Wildman–Crippen LogP) is 4.48. The van der Waals surface area contributed by atoms with Crippen LogP contribution in [0.2, 0.25) is 0 Å². The van der Waals surface area contributed by atoms with Crippen molar-refractivity contribution in [2.45, 2.75) is 33.2 Å². The van der Waals surface area contributed by atoms with E-state index in [1.54, 1.807) is 20.3 Å². The fourth-order valence-electron chi connectivity index (χ4n) is 2.84. The summed E-state index contributed by atoms with van der Waals surface area (Å²) in [4.78, 5) is 11.0. The molecule has 0 aliphatic rings. The van der Waals surface area contributed by atoms with Gasteiger partial charge in [-0.1, -0.05) is 20.8 Å². The summed E-state index contributed by atoms with van der Waals surface area (Å²) >= 11 is 0. The van der Waals surface area contributed by atoms with Crippen LogP contribution in [-0.4, -0.2) is 30.4 Å². The number of methoxy groups -OCH3 is 2. The van der Waals surface area contributed by atoms with Crippen LogP contribution in [0.5, 0.6) is 17.2 Å². The number of hydrogen-bond donors (Lipinski definition) is 3. The van der Waals surface area contributed by atoms with Crippen molar-refractivity contribution in [3.63, 3.8) is 0 Å². The van der Waals surface area contributed by atoms with Gasteiger partial charge in [-0.05, 0) is 41.7 Å². The van der Waals surface area contributed by atoms with E-state index in [4.69, 9.17) is 14.6 Å². The third kappa shape index (κ3) is 4.64. The molecule has 3 N–H and O–H groups in total. The maximum Gasteiger partial charge on any atom is 0.339 e. The van der Waals surface area contributed by atoms with Gasteiger partial charge in [0.2, 0.25) is 0 Å². The first-order valence-electron chi connectivity index (χ1n) is 8.83.